The van der Waals surface area contributed by atoms with Crippen LogP contribution in [-0.2, 0) is 6.54 Å². The van der Waals surface area contributed by atoms with Crippen molar-refractivity contribution in [1.29, 1.82) is 0 Å². The predicted molar refractivity (Wildman–Crippen MR) is 82.6 cm³/mol. The Morgan fingerprint density at radius 2 is 2.19 bits per heavy atom. The lowest BCUT2D eigenvalue weighted by Gasteiger charge is -2.38. The quantitative estimate of drug-likeness (QED) is 0.848. The van der Waals surface area contributed by atoms with Crippen LogP contribution in [0.5, 0.6) is 5.75 Å². The van der Waals surface area contributed by atoms with Crippen molar-refractivity contribution < 1.29 is 9.84 Å². The van der Waals surface area contributed by atoms with Gasteiger partial charge in [0.2, 0.25) is 0 Å². The summed E-state index contributed by atoms with van der Waals surface area (Å²) < 4.78 is 7.23. The maximum absolute atomic E-state index is 10.7. The van der Waals surface area contributed by atoms with Gasteiger partial charge in [0.05, 0.1) is 13.3 Å². The second-order valence-corrected chi connectivity index (χ2v) is 5.97. The lowest BCUT2D eigenvalue weighted by Crippen LogP contribution is -2.50. The van der Waals surface area contributed by atoms with Crippen molar-refractivity contribution in [3.63, 3.8) is 0 Å². The minimum Gasteiger partial charge on any atom is -0.493 e. The summed E-state index contributed by atoms with van der Waals surface area (Å²) in [6.45, 7) is 6.02. The lowest BCUT2D eigenvalue weighted by molar-refractivity contribution is 0.0590. The van der Waals surface area contributed by atoms with Crippen LogP contribution in [0.1, 0.15) is 31.6 Å². The molecule has 2 heterocycles. The van der Waals surface area contributed by atoms with E-state index in [-0.39, 0.29) is 0 Å². The summed E-state index contributed by atoms with van der Waals surface area (Å²) in [5.41, 5.74) is 0.806. The molecule has 21 heavy (non-hydrogen) atoms. The van der Waals surface area contributed by atoms with Crippen LogP contribution in [-0.4, -0.2) is 71.6 Å². The zero-order valence-corrected chi connectivity index (χ0v) is 13.6. The first-order valence-corrected chi connectivity index (χ1v) is 7.73. The highest BCUT2D eigenvalue weighted by Crippen LogP contribution is 2.29. The standard InChI is InChI=1S/C15H28N4O2/c1-5-6-19-15(14(21-4)10-16-19)13(20)9-12-11-17(2)7-8-18(12)3/h10,12-13,20H,5-9,11H2,1-4H3. The molecule has 2 atom stereocenters. The molecular weight excluding hydrogens is 268 g/mol. The van der Waals surface area contributed by atoms with E-state index in [4.69, 9.17) is 4.74 Å². The summed E-state index contributed by atoms with van der Waals surface area (Å²) in [6.07, 6.45) is 2.83. The molecule has 0 saturated carbocycles. The van der Waals surface area contributed by atoms with Crippen LogP contribution in [0.25, 0.3) is 0 Å². The summed E-state index contributed by atoms with van der Waals surface area (Å²) in [4.78, 5) is 4.65. The van der Waals surface area contributed by atoms with Gasteiger partial charge in [0.25, 0.3) is 0 Å². The van der Waals surface area contributed by atoms with Gasteiger partial charge in [-0.15, -0.1) is 0 Å². The summed E-state index contributed by atoms with van der Waals surface area (Å²) in [5, 5.41) is 15.0. The van der Waals surface area contributed by atoms with Gasteiger partial charge in [0.1, 0.15) is 11.8 Å². The van der Waals surface area contributed by atoms with Crippen LogP contribution in [0.3, 0.4) is 0 Å². The molecule has 0 amide bonds. The molecule has 0 aliphatic carbocycles. The van der Waals surface area contributed by atoms with Gasteiger partial charge in [0.15, 0.2) is 5.75 Å². The van der Waals surface area contributed by atoms with Crippen molar-refractivity contribution >= 4 is 0 Å². The van der Waals surface area contributed by atoms with E-state index in [0.29, 0.717) is 18.2 Å². The van der Waals surface area contributed by atoms with E-state index in [1.54, 1.807) is 13.3 Å². The molecule has 1 aliphatic rings. The van der Waals surface area contributed by atoms with Crippen LogP contribution in [0.2, 0.25) is 0 Å². The van der Waals surface area contributed by atoms with E-state index in [1.165, 1.54) is 0 Å². The van der Waals surface area contributed by atoms with Gasteiger partial charge in [-0.2, -0.15) is 5.10 Å². The lowest BCUT2D eigenvalue weighted by atomic mass is 10.0. The molecule has 0 spiro atoms. The van der Waals surface area contributed by atoms with E-state index in [1.807, 2.05) is 4.68 Å². The number of aliphatic hydroxyl groups excluding tert-OH is 1. The minimum atomic E-state index is -0.548. The van der Waals surface area contributed by atoms with E-state index in [2.05, 4.69) is 35.9 Å². The first-order chi connectivity index (χ1) is 10.1. The predicted octanol–water partition coefficient (Wildman–Crippen LogP) is 0.971. The summed E-state index contributed by atoms with van der Waals surface area (Å²) in [6, 6.07) is 0.355. The molecule has 6 nitrogen and oxygen atoms in total. The monoisotopic (exact) mass is 296 g/mol. The summed E-state index contributed by atoms with van der Waals surface area (Å²) in [7, 11) is 5.89. The Kier molecular flexibility index (Phi) is 5.61. The van der Waals surface area contributed by atoms with Gasteiger partial charge in [0, 0.05) is 32.2 Å². The Morgan fingerprint density at radius 3 is 2.86 bits per heavy atom. The number of aromatic nitrogens is 2. The molecule has 2 rings (SSSR count). The zero-order chi connectivity index (χ0) is 15.4. The first-order valence-electron chi connectivity index (χ1n) is 7.73. The fourth-order valence-electron chi connectivity index (χ4n) is 2.99. The Labute approximate surface area is 127 Å². The largest absolute Gasteiger partial charge is 0.493 e. The molecule has 0 radical (unpaired) electrons. The molecule has 0 bridgehead atoms. The smallest absolute Gasteiger partial charge is 0.162 e. The van der Waals surface area contributed by atoms with Crippen LogP contribution in [0, 0.1) is 0 Å². The number of nitrogens with zero attached hydrogens (tertiary/aromatic N) is 4. The highest BCUT2D eigenvalue weighted by Gasteiger charge is 2.28. The third-order valence-corrected chi connectivity index (χ3v) is 4.29. The first kappa shape index (κ1) is 16.3. The van der Waals surface area contributed by atoms with Gasteiger partial charge >= 0.3 is 0 Å². The van der Waals surface area contributed by atoms with Crippen LogP contribution < -0.4 is 4.74 Å². The number of piperazine rings is 1. The fraction of sp³-hybridized carbons (Fsp3) is 0.800. The maximum Gasteiger partial charge on any atom is 0.162 e. The number of ether oxygens (including phenoxy) is 1. The number of methoxy groups -OCH3 is 1. The molecule has 1 saturated heterocycles. The molecule has 6 heteroatoms. The number of hydrogen-bond donors (Lipinski definition) is 1. The third kappa shape index (κ3) is 3.75. The highest BCUT2D eigenvalue weighted by molar-refractivity contribution is 5.27. The fourth-order valence-corrected chi connectivity index (χ4v) is 2.99. The normalized spacial score (nSPS) is 22.4. The van der Waals surface area contributed by atoms with Crippen LogP contribution >= 0.6 is 0 Å². The van der Waals surface area contributed by atoms with Gasteiger partial charge in [-0.25, -0.2) is 0 Å². The van der Waals surface area contributed by atoms with Crippen molar-refractivity contribution in [2.45, 2.75) is 38.5 Å². The molecule has 120 valence electrons. The maximum atomic E-state index is 10.7. The minimum absolute atomic E-state index is 0.355. The van der Waals surface area contributed by atoms with Gasteiger partial charge in [-0.05, 0) is 26.9 Å². The average Bonchev–Trinajstić information content (AvgIpc) is 2.86. The van der Waals surface area contributed by atoms with Crippen LogP contribution in [0.4, 0.5) is 0 Å². The van der Waals surface area contributed by atoms with Crippen LogP contribution in [0.15, 0.2) is 6.20 Å². The number of aliphatic hydroxyl groups is 1. The van der Waals surface area contributed by atoms with Gasteiger partial charge < -0.3 is 19.6 Å². The van der Waals surface area contributed by atoms with Crippen molar-refractivity contribution in [1.82, 2.24) is 19.6 Å². The molecule has 2 unspecified atom stereocenters. The van der Waals surface area contributed by atoms with Gasteiger partial charge in [-0.1, -0.05) is 6.92 Å². The number of hydrogen-bond acceptors (Lipinski definition) is 5. The Morgan fingerprint density at radius 1 is 1.43 bits per heavy atom. The van der Waals surface area contributed by atoms with Gasteiger partial charge in [-0.3, -0.25) is 4.68 Å². The second-order valence-electron chi connectivity index (χ2n) is 5.97. The second kappa shape index (κ2) is 7.24. The summed E-state index contributed by atoms with van der Waals surface area (Å²) in [5.74, 6) is 0.683. The molecule has 1 aromatic rings. The molecule has 1 aromatic heterocycles. The molecular formula is C15H28N4O2. The Bertz CT molecular complexity index is 449. The molecule has 1 N–H and O–H groups in total. The van der Waals surface area contributed by atoms with Crippen molar-refractivity contribution in [2.75, 3.05) is 40.8 Å². The van der Waals surface area contributed by atoms with Crippen molar-refractivity contribution in [3.05, 3.63) is 11.9 Å². The number of rotatable bonds is 6. The van der Waals surface area contributed by atoms with E-state index in [9.17, 15) is 5.11 Å². The summed E-state index contributed by atoms with van der Waals surface area (Å²) >= 11 is 0. The zero-order valence-electron chi connectivity index (χ0n) is 13.6. The van der Waals surface area contributed by atoms with E-state index >= 15 is 0 Å². The number of likely N-dealkylation sites (N-methyl/N-ethyl adjacent to an activating group) is 2. The molecule has 0 aromatic carbocycles. The topological polar surface area (TPSA) is 53.8 Å². The Balaban J connectivity index is 2.11. The molecule has 1 aliphatic heterocycles. The third-order valence-electron chi connectivity index (χ3n) is 4.29. The Hall–Kier alpha value is -1.11. The van der Waals surface area contributed by atoms with Crippen molar-refractivity contribution in [3.8, 4) is 5.75 Å². The number of aryl methyl sites for hydroxylation is 1. The van der Waals surface area contributed by atoms with E-state index < -0.39 is 6.10 Å². The SMILES string of the molecule is CCCn1ncc(OC)c1C(O)CC1CN(C)CCN1C. The van der Waals surface area contributed by atoms with Crippen molar-refractivity contribution in [2.24, 2.45) is 0 Å². The highest BCUT2D eigenvalue weighted by atomic mass is 16.5. The van der Waals surface area contributed by atoms with E-state index in [0.717, 1.165) is 38.3 Å². The average molecular weight is 296 g/mol. The molecule has 1 fully saturated rings.